The number of hydrogen-bond acceptors (Lipinski definition) is 6. The fourth-order valence-electron chi connectivity index (χ4n) is 3.92. The van der Waals surface area contributed by atoms with Crippen molar-refractivity contribution in [2.24, 2.45) is 0 Å². The van der Waals surface area contributed by atoms with E-state index in [1.54, 1.807) is 6.20 Å². The predicted octanol–water partition coefficient (Wildman–Crippen LogP) is 5.39. The molecule has 4 heterocycles. The first-order valence-corrected chi connectivity index (χ1v) is 11.0. The average Bonchev–Trinajstić information content (AvgIpc) is 3.37. The Morgan fingerprint density at radius 2 is 1.82 bits per heavy atom. The fraction of sp³-hybridized carbons (Fsp3) is 0.269. The molecule has 4 aromatic rings. The summed E-state index contributed by atoms with van der Waals surface area (Å²) in [5.41, 5.74) is 4.85. The topological polar surface area (TPSA) is 59.3 Å². The van der Waals surface area contributed by atoms with Gasteiger partial charge in [-0.25, -0.2) is 14.6 Å². The summed E-state index contributed by atoms with van der Waals surface area (Å²) in [7, 11) is 2.05. The van der Waals surface area contributed by atoms with E-state index in [4.69, 9.17) is 9.84 Å². The molecule has 0 fully saturated rings. The molecule has 0 unspecified atom stereocenters. The maximum atomic E-state index is 6.20. The van der Waals surface area contributed by atoms with Crippen molar-refractivity contribution in [3.8, 4) is 17.3 Å². The molecule has 0 saturated carbocycles. The molecule has 1 aliphatic rings. The Morgan fingerprint density at radius 3 is 2.58 bits per heavy atom. The summed E-state index contributed by atoms with van der Waals surface area (Å²) in [6.45, 7) is 9.35. The SMILES string of the molecule is Cc1nn(-c2cc(C(C)(C)C)ccn2)c2cc(Oc3cccc(N4C=CN(C)C4)c3)cnc12. The highest BCUT2D eigenvalue weighted by molar-refractivity contribution is 5.80. The van der Waals surface area contributed by atoms with Crippen molar-refractivity contribution in [3.05, 3.63) is 78.5 Å². The van der Waals surface area contributed by atoms with Crippen LogP contribution >= 0.6 is 0 Å². The molecule has 33 heavy (non-hydrogen) atoms. The third kappa shape index (κ3) is 4.14. The summed E-state index contributed by atoms with van der Waals surface area (Å²) in [5, 5.41) is 4.72. The van der Waals surface area contributed by atoms with Gasteiger partial charge in [0.05, 0.1) is 24.1 Å². The Hall–Kier alpha value is -3.87. The largest absolute Gasteiger partial charge is 0.456 e. The summed E-state index contributed by atoms with van der Waals surface area (Å²) in [4.78, 5) is 13.5. The Bertz CT molecular complexity index is 1350. The van der Waals surface area contributed by atoms with Crippen LogP contribution in [0, 0.1) is 6.92 Å². The number of rotatable bonds is 4. The highest BCUT2D eigenvalue weighted by Gasteiger charge is 2.18. The molecular formula is C26H28N6O. The molecule has 0 radical (unpaired) electrons. The minimum atomic E-state index is 0.0204. The minimum absolute atomic E-state index is 0.0204. The van der Waals surface area contributed by atoms with Gasteiger partial charge in [-0.2, -0.15) is 5.10 Å². The van der Waals surface area contributed by atoms with Crippen LogP contribution in [0.3, 0.4) is 0 Å². The van der Waals surface area contributed by atoms with Crippen LogP contribution in [-0.4, -0.2) is 38.4 Å². The van der Waals surface area contributed by atoms with Crippen LogP contribution in [0.5, 0.6) is 11.5 Å². The van der Waals surface area contributed by atoms with E-state index in [2.05, 4.69) is 78.2 Å². The van der Waals surface area contributed by atoms with Gasteiger partial charge in [0.15, 0.2) is 5.82 Å². The van der Waals surface area contributed by atoms with Crippen LogP contribution < -0.4 is 9.64 Å². The van der Waals surface area contributed by atoms with Gasteiger partial charge in [0.2, 0.25) is 0 Å². The van der Waals surface area contributed by atoms with Crippen molar-refractivity contribution in [2.75, 3.05) is 18.6 Å². The first-order chi connectivity index (χ1) is 15.8. The van der Waals surface area contributed by atoms with Crippen molar-refractivity contribution in [3.63, 3.8) is 0 Å². The monoisotopic (exact) mass is 440 g/mol. The molecule has 0 bridgehead atoms. The summed E-state index contributed by atoms with van der Waals surface area (Å²) in [5.74, 6) is 2.18. The lowest BCUT2D eigenvalue weighted by Gasteiger charge is -2.19. The molecule has 168 valence electrons. The van der Waals surface area contributed by atoms with Gasteiger partial charge in [-0.3, -0.25) is 0 Å². The molecule has 0 saturated heterocycles. The molecule has 0 spiro atoms. The predicted molar refractivity (Wildman–Crippen MR) is 131 cm³/mol. The number of fused-ring (bicyclic) bond motifs is 1. The molecule has 7 nitrogen and oxygen atoms in total. The summed E-state index contributed by atoms with van der Waals surface area (Å²) >= 11 is 0. The highest BCUT2D eigenvalue weighted by Crippen LogP contribution is 2.30. The molecule has 1 aliphatic heterocycles. The Kier molecular flexibility index (Phi) is 5.04. The standard InChI is InChI=1S/C26H28N6O/c1-18-25-23(32(29-18)24-13-19(9-10-27-24)26(2,3)4)15-22(16-28-25)33-21-8-6-7-20(14-21)31-12-11-30(5)17-31/h6-16H,17H2,1-5H3. The zero-order chi connectivity index (χ0) is 23.2. The lowest BCUT2D eigenvalue weighted by molar-refractivity contribution is 0.479. The zero-order valence-electron chi connectivity index (χ0n) is 19.6. The van der Waals surface area contributed by atoms with Gasteiger partial charge in [-0.05, 0) is 42.2 Å². The second-order valence-electron chi connectivity index (χ2n) is 9.45. The maximum Gasteiger partial charge on any atom is 0.154 e. The van der Waals surface area contributed by atoms with Gasteiger partial charge in [-0.15, -0.1) is 0 Å². The van der Waals surface area contributed by atoms with E-state index in [1.807, 2.05) is 42.1 Å². The first kappa shape index (κ1) is 21.0. The van der Waals surface area contributed by atoms with Gasteiger partial charge in [-0.1, -0.05) is 26.8 Å². The van der Waals surface area contributed by atoms with Crippen molar-refractivity contribution in [2.45, 2.75) is 33.1 Å². The molecule has 0 aliphatic carbocycles. The number of aromatic nitrogens is 4. The van der Waals surface area contributed by atoms with E-state index in [-0.39, 0.29) is 5.41 Å². The smallest absolute Gasteiger partial charge is 0.154 e. The van der Waals surface area contributed by atoms with E-state index in [0.717, 1.165) is 40.7 Å². The molecule has 1 aromatic carbocycles. The molecule has 7 heteroatoms. The third-order valence-corrected chi connectivity index (χ3v) is 5.75. The highest BCUT2D eigenvalue weighted by atomic mass is 16.5. The minimum Gasteiger partial charge on any atom is -0.456 e. The van der Waals surface area contributed by atoms with Crippen molar-refractivity contribution in [1.82, 2.24) is 24.6 Å². The number of anilines is 1. The van der Waals surface area contributed by atoms with Gasteiger partial charge in [0.25, 0.3) is 0 Å². The van der Waals surface area contributed by atoms with Crippen molar-refractivity contribution in [1.29, 1.82) is 0 Å². The lowest BCUT2D eigenvalue weighted by atomic mass is 9.88. The lowest BCUT2D eigenvalue weighted by Crippen LogP contribution is -2.21. The second-order valence-corrected chi connectivity index (χ2v) is 9.45. The normalized spacial score (nSPS) is 13.8. The van der Waals surface area contributed by atoms with Crippen LogP contribution in [0.4, 0.5) is 5.69 Å². The number of ether oxygens (including phenoxy) is 1. The average molecular weight is 441 g/mol. The van der Waals surface area contributed by atoms with Gasteiger partial charge < -0.3 is 14.5 Å². The summed E-state index contributed by atoms with van der Waals surface area (Å²) in [6.07, 6.45) is 7.70. The first-order valence-electron chi connectivity index (χ1n) is 11.0. The molecule has 0 amide bonds. The Labute approximate surface area is 193 Å². The number of pyridine rings is 2. The number of benzene rings is 1. The van der Waals surface area contributed by atoms with Crippen LogP contribution in [0.15, 0.2) is 67.3 Å². The Balaban J connectivity index is 1.49. The quantitative estimate of drug-likeness (QED) is 0.424. The van der Waals surface area contributed by atoms with E-state index in [1.165, 1.54) is 5.56 Å². The van der Waals surface area contributed by atoms with E-state index in [0.29, 0.717) is 5.75 Å². The zero-order valence-corrected chi connectivity index (χ0v) is 19.6. The molecule has 3 aromatic heterocycles. The van der Waals surface area contributed by atoms with E-state index in [9.17, 15) is 0 Å². The maximum absolute atomic E-state index is 6.20. The van der Waals surface area contributed by atoms with E-state index >= 15 is 0 Å². The van der Waals surface area contributed by atoms with Crippen LogP contribution in [0.1, 0.15) is 32.0 Å². The molecular weight excluding hydrogens is 412 g/mol. The van der Waals surface area contributed by atoms with Crippen LogP contribution in [0.25, 0.3) is 16.9 Å². The third-order valence-electron chi connectivity index (χ3n) is 5.75. The fourth-order valence-corrected chi connectivity index (χ4v) is 3.92. The van der Waals surface area contributed by atoms with Crippen LogP contribution in [-0.2, 0) is 5.41 Å². The van der Waals surface area contributed by atoms with Crippen molar-refractivity contribution < 1.29 is 4.74 Å². The number of hydrogen-bond donors (Lipinski definition) is 0. The van der Waals surface area contributed by atoms with Gasteiger partial charge >= 0.3 is 0 Å². The number of aryl methyl sites for hydroxylation is 1. The number of nitrogens with zero attached hydrogens (tertiary/aromatic N) is 6. The Morgan fingerprint density at radius 1 is 0.970 bits per heavy atom. The van der Waals surface area contributed by atoms with Gasteiger partial charge in [0, 0.05) is 43.5 Å². The second kappa shape index (κ2) is 7.92. The van der Waals surface area contributed by atoms with Gasteiger partial charge in [0.1, 0.15) is 17.0 Å². The summed E-state index contributed by atoms with van der Waals surface area (Å²) < 4.78 is 8.05. The molecule has 0 atom stereocenters. The van der Waals surface area contributed by atoms with Crippen molar-refractivity contribution >= 4 is 16.7 Å². The molecule has 0 N–H and O–H groups in total. The summed E-state index contributed by atoms with van der Waals surface area (Å²) in [6, 6.07) is 14.2. The molecule has 5 rings (SSSR count). The van der Waals surface area contributed by atoms with Crippen LogP contribution in [0.2, 0.25) is 0 Å². The van der Waals surface area contributed by atoms with E-state index < -0.39 is 0 Å².